The smallest absolute Gasteiger partial charge is 0.398 e. The summed E-state index contributed by atoms with van der Waals surface area (Å²) in [5.41, 5.74) is -0.0794. The van der Waals surface area contributed by atoms with Gasteiger partial charge in [-0.05, 0) is 24.3 Å². The van der Waals surface area contributed by atoms with Crippen molar-refractivity contribution in [2.75, 3.05) is 5.75 Å². The van der Waals surface area contributed by atoms with Crippen molar-refractivity contribution in [1.82, 2.24) is 9.97 Å². The Bertz CT molecular complexity index is 809. The van der Waals surface area contributed by atoms with E-state index in [-0.39, 0.29) is 20.8 Å². The molecule has 25 heavy (non-hydrogen) atoms. The molecule has 2 aromatic rings. The molecule has 2 aromatic heterocycles. The molecule has 0 saturated carbocycles. The number of alkyl halides is 3. The van der Waals surface area contributed by atoms with Gasteiger partial charge in [-0.1, -0.05) is 24.0 Å². The van der Waals surface area contributed by atoms with Crippen LogP contribution in [0.1, 0.15) is 20.7 Å². The Kier molecular flexibility index (Phi) is 7.58. The van der Waals surface area contributed by atoms with E-state index in [1.165, 1.54) is 24.4 Å². The van der Waals surface area contributed by atoms with E-state index in [0.717, 1.165) is 0 Å². The first-order valence-electron chi connectivity index (χ1n) is 6.40. The highest BCUT2D eigenvalue weighted by molar-refractivity contribution is 7.99. The molecule has 3 N–H and O–H groups in total. The number of carboxylic acid groups (broad SMARTS) is 2. The number of nitrogens with one attached hydrogen (secondary N) is 1. The van der Waals surface area contributed by atoms with Crippen LogP contribution in [0, 0.1) is 4.64 Å². The van der Waals surface area contributed by atoms with E-state index in [4.69, 9.17) is 22.4 Å². The monoisotopic (exact) mass is 392 g/mol. The van der Waals surface area contributed by atoms with Gasteiger partial charge in [-0.3, -0.25) is 0 Å². The normalized spacial score (nSPS) is 10.5. The van der Waals surface area contributed by atoms with Crippen LogP contribution in [0.2, 0.25) is 0 Å². The lowest BCUT2D eigenvalue weighted by Gasteiger charge is -2.06. The first-order chi connectivity index (χ1) is 11.6. The van der Waals surface area contributed by atoms with Crippen LogP contribution in [0.25, 0.3) is 0 Å². The SMILES string of the molecule is O=C(O)c1ccc[nH]c1=S.O=C(O)c1cccnc1SCC(F)(F)F. The molecule has 0 aliphatic rings. The number of hydrogen-bond donors (Lipinski definition) is 3. The number of carboxylic acids is 2. The lowest BCUT2D eigenvalue weighted by atomic mass is 10.3. The second-order valence-corrected chi connectivity index (χ2v) is 5.66. The van der Waals surface area contributed by atoms with Crippen LogP contribution in [0.4, 0.5) is 13.2 Å². The molecule has 0 atom stereocenters. The maximum atomic E-state index is 11.9. The van der Waals surface area contributed by atoms with Gasteiger partial charge in [0.1, 0.15) is 9.67 Å². The molecule has 0 aliphatic carbocycles. The Morgan fingerprint density at radius 1 is 1.16 bits per heavy atom. The summed E-state index contributed by atoms with van der Waals surface area (Å²) in [5, 5.41) is 17.0. The number of rotatable bonds is 4. The molecule has 11 heteroatoms. The second-order valence-electron chi connectivity index (χ2n) is 4.28. The number of carbonyl (C=O) groups is 2. The zero-order valence-electron chi connectivity index (χ0n) is 12.3. The van der Waals surface area contributed by atoms with Crippen molar-refractivity contribution in [3.63, 3.8) is 0 Å². The lowest BCUT2D eigenvalue weighted by molar-refractivity contribution is -0.105. The third-order valence-corrected chi connectivity index (χ3v) is 3.83. The molecule has 0 aliphatic heterocycles. The Balaban J connectivity index is 0.000000271. The number of pyridine rings is 2. The van der Waals surface area contributed by atoms with E-state index >= 15 is 0 Å². The molecule has 0 radical (unpaired) electrons. The third kappa shape index (κ3) is 7.35. The summed E-state index contributed by atoms with van der Waals surface area (Å²) in [4.78, 5) is 27.1. The molecular weight excluding hydrogens is 381 g/mol. The number of H-pyrrole nitrogens is 1. The van der Waals surface area contributed by atoms with Crippen molar-refractivity contribution in [3.05, 3.63) is 52.4 Å². The predicted octanol–water partition coefficient (Wildman–Crippen LogP) is 3.88. The largest absolute Gasteiger partial charge is 0.478 e. The van der Waals surface area contributed by atoms with Crippen LogP contribution < -0.4 is 0 Å². The maximum Gasteiger partial charge on any atom is 0.398 e. The van der Waals surface area contributed by atoms with Gasteiger partial charge in [0, 0.05) is 12.4 Å². The molecule has 134 valence electrons. The van der Waals surface area contributed by atoms with Crippen LogP contribution in [-0.4, -0.2) is 44.0 Å². The van der Waals surface area contributed by atoms with Gasteiger partial charge in [0.15, 0.2) is 0 Å². The molecule has 0 unspecified atom stereocenters. The highest BCUT2D eigenvalue weighted by Gasteiger charge is 2.28. The van der Waals surface area contributed by atoms with Crippen LogP contribution >= 0.6 is 24.0 Å². The van der Waals surface area contributed by atoms with Gasteiger partial charge in [0.25, 0.3) is 0 Å². The summed E-state index contributed by atoms with van der Waals surface area (Å²) in [5.74, 6) is -3.43. The highest BCUT2D eigenvalue weighted by atomic mass is 32.2. The summed E-state index contributed by atoms with van der Waals surface area (Å²) in [6, 6.07) is 5.63. The van der Waals surface area contributed by atoms with Crippen LogP contribution in [-0.2, 0) is 0 Å². The number of nitrogens with zero attached hydrogens (tertiary/aromatic N) is 1. The van der Waals surface area contributed by atoms with Crippen molar-refractivity contribution in [2.45, 2.75) is 11.2 Å². The zero-order chi connectivity index (χ0) is 19.0. The lowest BCUT2D eigenvalue weighted by Crippen LogP contribution is -2.11. The Hall–Kier alpha value is -2.40. The molecular formula is C14H11F3N2O4S2. The second kappa shape index (κ2) is 9.18. The average molecular weight is 392 g/mol. The summed E-state index contributed by atoms with van der Waals surface area (Å²) in [6.07, 6.45) is -1.49. The standard InChI is InChI=1S/C8H6F3NO2S.C6H5NO2S/c9-8(10,11)4-15-6-5(7(13)14)2-1-3-12-6;8-6(9)4-2-1-3-7-5(4)10/h1-3H,4H2,(H,13,14);1-3H,(H,7,10)(H,8,9). The van der Waals surface area contributed by atoms with E-state index < -0.39 is 23.9 Å². The van der Waals surface area contributed by atoms with E-state index in [9.17, 15) is 22.8 Å². The van der Waals surface area contributed by atoms with Crippen molar-refractivity contribution in [3.8, 4) is 0 Å². The quantitative estimate of drug-likeness (QED) is 0.536. The maximum absolute atomic E-state index is 11.9. The number of hydrogen-bond acceptors (Lipinski definition) is 5. The number of aromatic carboxylic acids is 2. The first-order valence-corrected chi connectivity index (χ1v) is 7.80. The minimum Gasteiger partial charge on any atom is -0.478 e. The third-order valence-electron chi connectivity index (χ3n) is 2.42. The Morgan fingerprint density at radius 2 is 1.76 bits per heavy atom. The number of aromatic amines is 1. The molecule has 0 fully saturated rings. The molecule has 2 heterocycles. The van der Waals surface area contributed by atoms with E-state index in [1.807, 2.05) is 0 Å². The number of aromatic nitrogens is 2. The molecule has 2 rings (SSSR count). The van der Waals surface area contributed by atoms with Gasteiger partial charge in [0.05, 0.1) is 16.9 Å². The van der Waals surface area contributed by atoms with E-state index in [1.54, 1.807) is 12.3 Å². The van der Waals surface area contributed by atoms with Gasteiger partial charge in [0.2, 0.25) is 0 Å². The van der Waals surface area contributed by atoms with Crippen molar-refractivity contribution in [2.24, 2.45) is 0 Å². The predicted molar refractivity (Wildman–Crippen MR) is 86.6 cm³/mol. The van der Waals surface area contributed by atoms with Gasteiger partial charge >= 0.3 is 18.1 Å². The average Bonchev–Trinajstić information content (AvgIpc) is 2.53. The van der Waals surface area contributed by atoms with Gasteiger partial charge in [-0.15, -0.1) is 0 Å². The van der Waals surface area contributed by atoms with Crippen molar-refractivity contribution in [1.29, 1.82) is 0 Å². The number of thioether (sulfide) groups is 1. The summed E-state index contributed by atoms with van der Waals surface area (Å²) < 4.78 is 35.9. The first kappa shape index (κ1) is 20.6. The molecule has 0 saturated heterocycles. The molecule has 0 spiro atoms. The van der Waals surface area contributed by atoms with Gasteiger partial charge in [-0.2, -0.15) is 13.2 Å². The minimum atomic E-state index is -4.34. The minimum absolute atomic E-state index is 0.123. The summed E-state index contributed by atoms with van der Waals surface area (Å²) >= 11 is 5.06. The molecule has 0 bridgehead atoms. The van der Waals surface area contributed by atoms with Crippen LogP contribution in [0.3, 0.4) is 0 Å². The van der Waals surface area contributed by atoms with Crippen LogP contribution in [0.5, 0.6) is 0 Å². The fourth-order valence-corrected chi connectivity index (χ4v) is 2.38. The Morgan fingerprint density at radius 3 is 2.24 bits per heavy atom. The fraction of sp³-hybridized carbons (Fsp3) is 0.143. The van der Waals surface area contributed by atoms with E-state index in [2.05, 4.69) is 9.97 Å². The van der Waals surface area contributed by atoms with Crippen LogP contribution in [0.15, 0.2) is 41.7 Å². The molecule has 6 nitrogen and oxygen atoms in total. The molecule has 0 amide bonds. The number of halogens is 3. The fourth-order valence-electron chi connectivity index (χ4n) is 1.41. The zero-order valence-corrected chi connectivity index (χ0v) is 13.9. The summed E-state index contributed by atoms with van der Waals surface area (Å²) in [7, 11) is 0. The van der Waals surface area contributed by atoms with Crippen molar-refractivity contribution >= 4 is 35.9 Å². The van der Waals surface area contributed by atoms with Gasteiger partial charge < -0.3 is 15.2 Å². The van der Waals surface area contributed by atoms with Crippen molar-refractivity contribution < 1.29 is 33.0 Å². The topological polar surface area (TPSA) is 103 Å². The molecule has 0 aromatic carbocycles. The van der Waals surface area contributed by atoms with Gasteiger partial charge in [-0.25, -0.2) is 14.6 Å². The Labute approximate surface area is 148 Å². The summed E-state index contributed by atoms with van der Waals surface area (Å²) in [6.45, 7) is 0. The van der Waals surface area contributed by atoms with E-state index in [0.29, 0.717) is 11.8 Å². The highest BCUT2D eigenvalue weighted by Crippen LogP contribution is 2.27.